The molecule has 25 heavy (non-hydrogen) atoms. The lowest BCUT2D eigenvalue weighted by atomic mass is 10.1. The molecule has 6 nitrogen and oxygen atoms in total. The van der Waals surface area contributed by atoms with Crippen LogP contribution in [0.4, 0.5) is 5.82 Å². The molecule has 130 valence electrons. The summed E-state index contributed by atoms with van der Waals surface area (Å²) in [5.74, 6) is 1.27. The zero-order valence-corrected chi connectivity index (χ0v) is 14.1. The van der Waals surface area contributed by atoms with Gasteiger partial charge in [0.05, 0.1) is 5.52 Å². The highest BCUT2D eigenvalue weighted by molar-refractivity contribution is 5.72. The molecule has 0 radical (unpaired) electrons. The van der Waals surface area contributed by atoms with E-state index in [1.54, 1.807) is 10.8 Å². The molecule has 3 heterocycles. The van der Waals surface area contributed by atoms with Crippen LogP contribution in [0.25, 0.3) is 11.1 Å². The standard InChI is InChI=1S/C19H22N4O2/c24-19-23(16-5-1-2-6-17(16)25-19)12-11-22-10-8-15(14-22)13-21-18-7-3-4-9-20-18/h1-7,9,15H,8,10-14H2,(H,20,21)/t15-/m0/s1. The van der Waals surface area contributed by atoms with Gasteiger partial charge in [0.2, 0.25) is 0 Å². The minimum atomic E-state index is -0.270. The third-order valence-electron chi connectivity index (χ3n) is 4.82. The van der Waals surface area contributed by atoms with Gasteiger partial charge >= 0.3 is 5.76 Å². The average Bonchev–Trinajstić information content (AvgIpc) is 3.22. The average molecular weight is 338 g/mol. The van der Waals surface area contributed by atoms with E-state index >= 15 is 0 Å². The van der Waals surface area contributed by atoms with Crippen molar-refractivity contribution in [2.45, 2.75) is 13.0 Å². The van der Waals surface area contributed by atoms with E-state index in [4.69, 9.17) is 4.42 Å². The summed E-state index contributed by atoms with van der Waals surface area (Å²) >= 11 is 0. The van der Waals surface area contributed by atoms with Gasteiger partial charge in [0.15, 0.2) is 5.58 Å². The summed E-state index contributed by atoms with van der Waals surface area (Å²) in [6.07, 6.45) is 2.97. The lowest BCUT2D eigenvalue weighted by molar-refractivity contribution is 0.308. The number of benzene rings is 1. The molecule has 0 bridgehead atoms. The largest absolute Gasteiger partial charge is 0.419 e. The number of aromatic nitrogens is 2. The molecule has 2 aromatic heterocycles. The highest BCUT2D eigenvalue weighted by atomic mass is 16.4. The van der Waals surface area contributed by atoms with E-state index in [2.05, 4.69) is 15.2 Å². The van der Waals surface area contributed by atoms with E-state index in [9.17, 15) is 4.79 Å². The molecule has 1 aromatic carbocycles. The van der Waals surface area contributed by atoms with Crippen molar-refractivity contribution >= 4 is 16.9 Å². The number of nitrogens with one attached hydrogen (secondary N) is 1. The van der Waals surface area contributed by atoms with E-state index in [-0.39, 0.29) is 5.76 Å². The van der Waals surface area contributed by atoms with Crippen molar-refractivity contribution in [2.24, 2.45) is 5.92 Å². The predicted molar refractivity (Wildman–Crippen MR) is 97.7 cm³/mol. The van der Waals surface area contributed by atoms with Crippen LogP contribution in [-0.2, 0) is 6.54 Å². The van der Waals surface area contributed by atoms with E-state index in [1.165, 1.54) is 6.42 Å². The quantitative estimate of drug-likeness (QED) is 0.748. The molecule has 1 atom stereocenters. The molecule has 0 spiro atoms. The third-order valence-corrected chi connectivity index (χ3v) is 4.82. The Morgan fingerprint density at radius 2 is 2.04 bits per heavy atom. The van der Waals surface area contributed by atoms with Gasteiger partial charge in [0, 0.05) is 32.4 Å². The van der Waals surface area contributed by atoms with Crippen LogP contribution in [-0.4, -0.2) is 40.6 Å². The Morgan fingerprint density at radius 1 is 1.16 bits per heavy atom. The Bertz CT molecular complexity index is 887. The summed E-state index contributed by atoms with van der Waals surface area (Å²) in [5.41, 5.74) is 1.53. The number of oxazole rings is 1. The van der Waals surface area contributed by atoms with Crippen LogP contribution >= 0.6 is 0 Å². The third kappa shape index (κ3) is 3.58. The molecule has 3 aromatic rings. The maximum absolute atomic E-state index is 12.0. The van der Waals surface area contributed by atoms with Gasteiger partial charge in [-0.25, -0.2) is 9.78 Å². The van der Waals surface area contributed by atoms with Crippen LogP contribution in [0.5, 0.6) is 0 Å². The van der Waals surface area contributed by atoms with Crippen LogP contribution in [0.2, 0.25) is 0 Å². The summed E-state index contributed by atoms with van der Waals surface area (Å²) in [7, 11) is 0. The fourth-order valence-corrected chi connectivity index (χ4v) is 3.47. The fourth-order valence-electron chi connectivity index (χ4n) is 3.47. The number of nitrogens with zero attached hydrogens (tertiary/aromatic N) is 3. The highest BCUT2D eigenvalue weighted by Crippen LogP contribution is 2.17. The number of fused-ring (bicyclic) bond motifs is 1. The smallest absolute Gasteiger partial charge is 0.408 e. The Morgan fingerprint density at radius 3 is 2.92 bits per heavy atom. The molecule has 1 aliphatic rings. The summed E-state index contributed by atoms with van der Waals surface area (Å²) in [6.45, 7) is 4.57. The summed E-state index contributed by atoms with van der Waals surface area (Å²) in [4.78, 5) is 18.7. The molecule has 1 aliphatic heterocycles. The van der Waals surface area contributed by atoms with Crippen LogP contribution in [0, 0.1) is 5.92 Å². The number of rotatable bonds is 6. The Balaban J connectivity index is 1.31. The molecule has 0 saturated carbocycles. The normalized spacial score (nSPS) is 18.0. The minimum Gasteiger partial charge on any atom is -0.408 e. The van der Waals surface area contributed by atoms with Crippen molar-refractivity contribution in [1.29, 1.82) is 0 Å². The second-order valence-electron chi connectivity index (χ2n) is 6.54. The number of pyridine rings is 1. The first-order valence-corrected chi connectivity index (χ1v) is 8.75. The molecule has 0 aliphatic carbocycles. The monoisotopic (exact) mass is 338 g/mol. The Labute approximate surface area is 146 Å². The van der Waals surface area contributed by atoms with Gasteiger partial charge in [-0.15, -0.1) is 0 Å². The van der Waals surface area contributed by atoms with E-state index in [0.29, 0.717) is 18.0 Å². The summed E-state index contributed by atoms with van der Waals surface area (Å²) < 4.78 is 7.03. The second kappa shape index (κ2) is 7.11. The van der Waals surface area contributed by atoms with Gasteiger partial charge in [-0.1, -0.05) is 18.2 Å². The summed E-state index contributed by atoms with van der Waals surface area (Å²) in [5, 5.41) is 3.40. The van der Waals surface area contributed by atoms with Gasteiger partial charge in [-0.3, -0.25) is 4.57 Å². The first kappa shape index (κ1) is 15.9. The Hall–Kier alpha value is -2.60. The number of anilines is 1. The van der Waals surface area contributed by atoms with E-state index in [1.807, 2.05) is 42.5 Å². The van der Waals surface area contributed by atoms with E-state index in [0.717, 1.165) is 37.5 Å². The molecule has 1 N–H and O–H groups in total. The first-order valence-electron chi connectivity index (χ1n) is 8.75. The van der Waals surface area contributed by atoms with Gasteiger partial charge < -0.3 is 14.6 Å². The van der Waals surface area contributed by atoms with Crippen molar-refractivity contribution in [3.05, 3.63) is 59.2 Å². The minimum absolute atomic E-state index is 0.270. The first-order chi connectivity index (χ1) is 12.3. The zero-order valence-electron chi connectivity index (χ0n) is 14.1. The number of likely N-dealkylation sites (tertiary alicyclic amines) is 1. The molecule has 6 heteroatoms. The number of para-hydroxylation sites is 2. The highest BCUT2D eigenvalue weighted by Gasteiger charge is 2.22. The van der Waals surface area contributed by atoms with Crippen molar-refractivity contribution < 1.29 is 4.42 Å². The summed E-state index contributed by atoms with van der Waals surface area (Å²) in [6, 6.07) is 13.5. The molecule has 0 amide bonds. The lowest BCUT2D eigenvalue weighted by Gasteiger charge is -2.16. The topological polar surface area (TPSA) is 63.3 Å². The molecule has 1 saturated heterocycles. The van der Waals surface area contributed by atoms with Crippen LogP contribution in [0.15, 0.2) is 57.9 Å². The number of hydrogen-bond donors (Lipinski definition) is 1. The molecular formula is C19H22N4O2. The van der Waals surface area contributed by atoms with Crippen molar-refractivity contribution in [2.75, 3.05) is 31.5 Å². The van der Waals surface area contributed by atoms with Gasteiger partial charge in [-0.2, -0.15) is 0 Å². The van der Waals surface area contributed by atoms with Crippen LogP contribution < -0.4 is 11.1 Å². The van der Waals surface area contributed by atoms with Gasteiger partial charge in [0.1, 0.15) is 5.82 Å². The van der Waals surface area contributed by atoms with E-state index < -0.39 is 0 Å². The molecule has 1 fully saturated rings. The predicted octanol–water partition coefficient (Wildman–Crippen LogP) is 2.42. The Kier molecular flexibility index (Phi) is 4.52. The van der Waals surface area contributed by atoms with Crippen molar-refractivity contribution in [1.82, 2.24) is 14.5 Å². The number of hydrogen-bond acceptors (Lipinski definition) is 5. The molecule has 0 unspecified atom stereocenters. The SMILES string of the molecule is O=c1oc2ccccc2n1CCN1CC[C@@H](CNc2ccccn2)C1. The fraction of sp³-hybridized carbons (Fsp3) is 0.368. The maximum Gasteiger partial charge on any atom is 0.419 e. The lowest BCUT2D eigenvalue weighted by Crippen LogP contribution is -2.29. The van der Waals surface area contributed by atoms with Gasteiger partial charge in [-0.05, 0) is 43.1 Å². The van der Waals surface area contributed by atoms with Crippen LogP contribution in [0.1, 0.15) is 6.42 Å². The second-order valence-corrected chi connectivity index (χ2v) is 6.54. The molecule has 4 rings (SSSR count). The molecular weight excluding hydrogens is 316 g/mol. The van der Waals surface area contributed by atoms with Crippen LogP contribution in [0.3, 0.4) is 0 Å². The zero-order chi connectivity index (χ0) is 17.1. The van der Waals surface area contributed by atoms with Crippen molar-refractivity contribution in [3.8, 4) is 0 Å². The van der Waals surface area contributed by atoms with Gasteiger partial charge in [0.25, 0.3) is 0 Å². The maximum atomic E-state index is 12.0. The van der Waals surface area contributed by atoms with Crippen molar-refractivity contribution in [3.63, 3.8) is 0 Å².